The Balaban J connectivity index is 3.05. The first-order valence-corrected chi connectivity index (χ1v) is 6.32. The number of halogens is 4. The maximum absolute atomic E-state index is 13.0. The van der Waals surface area contributed by atoms with Gasteiger partial charge in [0, 0.05) is 12.1 Å². The fourth-order valence-corrected chi connectivity index (χ4v) is 1.76. The highest BCUT2D eigenvalue weighted by atomic mass is 35.5. The van der Waals surface area contributed by atoms with Crippen molar-refractivity contribution in [3.63, 3.8) is 0 Å². The van der Waals surface area contributed by atoms with E-state index in [1.165, 1.54) is 19.2 Å². The SMILES string of the molecule is COCC(C)N=C(NN)Nc1ccc(Cl)cc1C(F)(F)F. The van der Waals surface area contributed by atoms with E-state index in [-0.39, 0.29) is 22.7 Å². The van der Waals surface area contributed by atoms with E-state index in [1.54, 1.807) is 6.92 Å². The summed E-state index contributed by atoms with van der Waals surface area (Å²) in [6.07, 6.45) is -4.55. The second-order valence-corrected chi connectivity index (χ2v) is 4.68. The third kappa shape index (κ3) is 5.41. The van der Waals surface area contributed by atoms with Gasteiger partial charge in [0.15, 0.2) is 0 Å². The van der Waals surface area contributed by atoms with Crippen molar-refractivity contribution in [1.29, 1.82) is 0 Å². The smallest absolute Gasteiger partial charge is 0.382 e. The zero-order valence-corrected chi connectivity index (χ0v) is 12.2. The van der Waals surface area contributed by atoms with Crippen LogP contribution in [0.2, 0.25) is 5.02 Å². The molecule has 9 heteroatoms. The molecule has 0 spiro atoms. The summed E-state index contributed by atoms with van der Waals surface area (Å²) in [5.41, 5.74) is 1.11. The molecule has 0 heterocycles. The van der Waals surface area contributed by atoms with E-state index < -0.39 is 11.7 Å². The maximum atomic E-state index is 13.0. The lowest BCUT2D eigenvalue weighted by Crippen LogP contribution is -2.38. The van der Waals surface area contributed by atoms with Gasteiger partial charge in [-0.05, 0) is 25.1 Å². The highest BCUT2D eigenvalue weighted by molar-refractivity contribution is 6.30. The van der Waals surface area contributed by atoms with E-state index in [0.29, 0.717) is 6.61 Å². The van der Waals surface area contributed by atoms with Gasteiger partial charge in [0.1, 0.15) is 0 Å². The van der Waals surface area contributed by atoms with Gasteiger partial charge in [-0.15, -0.1) is 0 Å². The molecule has 4 N–H and O–H groups in total. The molecule has 118 valence electrons. The van der Waals surface area contributed by atoms with Gasteiger partial charge in [-0.25, -0.2) is 10.8 Å². The van der Waals surface area contributed by atoms with Gasteiger partial charge in [-0.3, -0.25) is 5.43 Å². The number of anilines is 1. The standard InChI is InChI=1S/C12H16ClF3N4O/c1-7(6-21-2)18-11(20-17)19-10-4-3-8(13)5-9(10)12(14,15)16/h3-5,7H,6,17H2,1-2H3,(H2,18,19,20). The lowest BCUT2D eigenvalue weighted by atomic mass is 10.1. The molecule has 5 nitrogen and oxygen atoms in total. The molecular formula is C12H16ClF3N4O. The Morgan fingerprint density at radius 2 is 2.14 bits per heavy atom. The van der Waals surface area contributed by atoms with Crippen molar-refractivity contribution in [2.45, 2.75) is 19.1 Å². The van der Waals surface area contributed by atoms with Crippen LogP contribution in [-0.2, 0) is 10.9 Å². The predicted molar refractivity (Wildman–Crippen MR) is 76.2 cm³/mol. The van der Waals surface area contributed by atoms with E-state index in [1.807, 2.05) is 0 Å². The normalized spacial score (nSPS) is 14.0. The fourth-order valence-electron chi connectivity index (χ4n) is 1.59. The van der Waals surface area contributed by atoms with Gasteiger partial charge in [0.05, 0.1) is 23.9 Å². The van der Waals surface area contributed by atoms with Crippen molar-refractivity contribution in [1.82, 2.24) is 5.43 Å². The van der Waals surface area contributed by atoms with Crippen LogP contribution in [0.4, 0.5) is 18.9 Å². The summed E-state index contributed by atoms with van der Waals surface area (Å²) < 4.78 is 43.8. The molecule has 0 aliphatic rings. The number of methoxy groups -OCH3 is 1. The minimum Gasteiger partial charge on any atom is -0.382 e. The topological polar surface area (TPSA) is 71.7 Å². The van der Waals surface area contributed by atoms with Crippen molar-refractivity contribution in [3.05, 3.63) is 28.8 Å². The van der Waals surface area contributed by atoms with Gasteiger partial charge in [-0.2, -0.15) is 13.2 Å². The predicted octanol–water partition coefficient (Wildman–Crippen LogP) is 2.62. The Bertz CT molecular complexity index is 508. The Labute approximate surface area is 125 Å². The first-order chi connectivity index (χ1) is 9.77. The molecule has 1 unspecified atom stereocenters. The monoisotopic (exact) mass is 324 g/mol. The minimum absolute atomic E-state index is 0.00706. The fraction of sp³-hybridized carbons (Fsp3) is 0.417. The van der Waals surface area contributed by atoms with Crippen LogP contribution in [0.5, 0.6) is 0 Å². The van der Waals surface area contributed by atoms with E-state index in [4.69, 9.17) is 22.2 Å². The number of hydrazine groups is 1. The highest BCUT2D eigenvalue weighted by Crippen LogP contribution is 2.36. The van der Waals surface area contributed by atoms with Crippen LogP contribution < -0.4 is 16.6 Å². The molecule has 0 aliphatic heterocycles. The molecule has 0 bridgehead atoms. The molecular weight excluding hydrogens is 309 g/mol. The molecule has 1 aromatic carbocycles. The molecule has 0 saturated heterocycles. The molecule has 0 amide bonds. The molecule has 1 atom stereocenters. The third-order valence-electron chi connectivity index (χ3n) is 2.43. The van der Waals surface area contributed by atoms with Gasteiger partial charge in [0.25, 0.3) is 0 Å². The van der Waals surface area contributed by atoms with Crippen LogP contribution in [0.15, 0.2) is 23.2 Å². The Kier molecular flexibility index (Phi) is 6.25. The number of benzene rings is 1. The molecule has 0 saturated carbocycles. The van der Waals surface area contributed by atoms with Gasteiger partial charge in [-0.1, -0.05) is 11.6 Å². The largest absolute Gasteiger partial charge is 0.418 e. The van der Waals surface area contributed by atoms with Crippen LogP contribution in [0.25, 0.3) is 0 Å². The number of rotatable bonds is 4. The molecule has 1 rings (SSSR count). The maximum Gasteiger partial charge on any atom is 0.418 e. The zero-order chi connectivity index (χ0) is 16.0. The number of nitrogens with zero attached hydrogens (tertiary/aromatic N) is 1. The van der Waals surface area contributed by atoms with Crippen LogP contribution in [0.1, 0.15) is 12.5 Å². The van der Waals surface area contributed by atoms with Crippen molar-refractivity contribution in [2.75, 3.05) is 19.0 Å². The first-order valence-electron chi connectivity index (χ1n) is 5.95. The average Bonchev–Trinajstić information content (AvgIpc) is 2.39. The van der Waals surface area contributed by atoms with E-state index in [2.05, 4.69) is 15.7 Å². The molecule has 0 aromatic heterocycles. The van der Waals surface area contributed by atoms with Gasteiger partial charge < -0.3 is 10.1 Å². The van der Waals surface area contributed by atoms with Crippen LogP contribution in [0.3, 0.4) is 0 Å². The number of hydrogen-bond donors (Lipinski definition) is 3. The Hall–Kier alpha value is -1.51. The van der Waals surface area contributed by atoms with E-state index >= 15 is 0 Å². The summed E-state index contributed by atoms with van der Waals surface area (Å²) in [5, 5.41) is 2.49. The minimum atomic E-state index is -4.55. The first kappa shape index (κ1) is 17.5. The Morgan fingerprint density at radius 1 is 1.48 bits per heavy atom. The Morgan fingerprint density at radius 3 is 2.67 bits per heavy atom. The zero-order valence-electron chi connectivity index (χ0n) is 11.5. The molecule has 0 radical (unpaired) electrons. The molecule has 1 aromatic rings. The van der Waals surface area contributed by atoms with Crippen LogP contribution in [-0.4, -0.2) is 25.7 Å². The lowest BCUT2D eigenvalue weighted by molar-refractivity contribution is -0.136. The quantitative estimate of drug-likeness (QED) is 0.344. The summed E-state index contributed by atoms with van der Waals surface area (Å²) in [7, 11) is 1.50. The number of nitrogens with one attached hydrogen (secondary N) is 2. The van der Waals surface area contributed by atoms with Crippen molar-refractivity contribution in [3.8, 4) is 0 Å². The number of guanidine groups is 1. The third-order valence-corrected chi connectivity index (χ3v) is 2.67. The van der Waals surface area contributed by atoms with Gasteiger partial charge in [0.2, 0.25) is 5.96 Å². The van der Waals surface area contributed by atoms with Crippen molar-refractivity contribution < 1.29 is 17.9 Å². The summed E-state index contributed by atoms with van der Waals surface area (Å²) >= 11 is 5.60. The van der Waals surface area contributed by atoms with E-state index in [0.717, 1.165) is 6.07 Å². The number of aliphatic imine (C=N–C) groups is 1. The number of alkyl halides is 3. The number of ether oxygens (including phenoxy) is 1. The van der Waals surface area contributed by atoms with Gasteiger partial charge >= 0.3 is 6.18 Å². The lowest BCUT2D eigenvalue weighted by Gasteiger charge is -2.17. The molecule has 0 fully saturated rings. The highest BCUT2D eigenvalue weighted by Gasteiger charge is 2.34. The second kappa shape index (κ2) is 7.48. The van der Waals surface area contributed by atoms with Crippen LogP contribution in [0, 0.1) is 0 Å². The summed E-state index contributed by atoms with van der Waals surface area (Å²) in [5.74, 6) is 5.26. The summed E-state index contributed by atoms with van der Waals surface area (Å²) in [4.78, 5) is 4.07. The van der Waals surface area contributed by atoms with Crippen LogP contribution >= 0.6 is 11.6 Å². The van der Waals surface area contributed by atoms with Crippen molar-refractivity contribution in [2.24, 2.45) is 10.8 Å². The number of nitrogens with two attached hydrogens (primary N) is 1. The van der Waals surface area contributed by atoms with Crippen molar-refractivity contribution >= 4 is 23.2 Å². The second-order valence-electron chi connectivity index (χ2n) is 4.24. The van der Waals surface area contributed by atoms with E-state index in [9.17, 15) is 13.2 Å². The molecule has 0 aliphatic carbocycles. The summed E-state index contributed by atoms with van der Waals surface area (Å²) in [6.45, 7) is 2.04. The summed E-state index contributed by atoms with van der Waals surface area (Å²) in [6, 6.07) is 3.09. The average molecular weight is 325 g/mol. The number of hydrogen-bond acceptors (Lipinski definition) is 3. The molecule has 21 heavy (non-hydrogen) atoms.